The first-order valence-electron chi connectivity index (χ1n) is 7.05. The van der Waals surface area contributed by atoms with Gasteiger partial charge < -0.3 is 9.64 Å². The van der Waals surface area contributed by atoms with E-state index in [1.165, 1.54) is 11.8 Å². The van der Waals surface area contributed by atoms with E-state index < -0.39 is 0 Å². The molecule has 1 amide bonds. The summed E-state index contributed by atoms with van der Waals surface area (Å²) in [5, 5.41) is 7.90. The van der Waals surface area contributed by atoms with Gasteiger partial charge in [0, 0.05) is 19.1 Å². The Morgan fingerprint density at radius 3 is 2.87 bits per heavy atom. The minimum Gasteiger partial charge on any atom is -0.486 e. The van der Waals surface area contributed by atoms with Crippen LogP contribution in [0, 0.1) is 6.92 Å². The van der Waals surface area contributed by atoms with E-state index in [1.54, 1.807) is 31.1 Å². The molecule has 1 aromatic heterocycles. The molecule has 1 aromatic carbocycles. The monoisotopic (exact) mass is 354 g/mol. The number of H-pyrrole nitrogens is 1. The molecule has 0 radical (unpaired) electrons. The van der Waals surface area contributed by atoms with Gasteiger partial charge in [-0.25, -0.2) is 4.98 Å². The van der Waals surface area contributed by atoms with Gasteiger partial charge in [0.1, 0.15) is 12.4 Å². The van der Waals surface area contributed by atoms with Crippen LogP contribution in [-0.4, -0.2) is 45.3 Å². The van der Waals surface area contributed by atoms with Crippen molar-refractivity contribution < 1.29 is 9.53 Å². The molecule has 2 rings (SSSR count). The molecule has 0 aliphatic rings. The van der Waals surface area contributed by atoms with Crippen molar-refractivity contribution >= 4 is 29.3 Å². The molecule has 23 heavy (non-hydrogen) atoms. The Morgan fingerprint density at radius 2 is 2.22 bits per heavy atom. The van der Waals surface area contributed by atoms with Crippen molar-refractivity contribution in [3.05, 3.63) is 34.6 Å². The van der Waals surface area contributed by atoms with E-state index in [1.807, 2.05) is 19.9 Å². The highest BCUT2D eigenvalue weighted by molar-refractivity contribution is 8.00. The highest BCUT2D eigenvalue weighted by Crippen LogP contribution is 2.23. The fourth-order valence-electron chi connectivity index (χ4n) is 1.83. The predicted molar refractivity (Wildman–Crippen MR) is 90.9 cm³/mol. The van der Waals surface area contributed by atoms with E-state index in [0.29, 0.717) is 21.8 Å². The molecule has 8 heteroatoms. The van der Waals surface area contributed by atoms with Gasteiger partial charge in [0.2, 0.25) is 11.1 Å². The SMILES string of the molecule is Cc1cc(OCc2nc(S[C@H](C)C(=O)N(C)C)n[nH]2)ccc1Cl. The molecule has 0 saturated carbocycles. The fourth-order valence-corrected chi connectivity index (χ4v) is 2.83. The quantitative estimate of drug-likeness (QED) is 0.807. The summed E-state index contributed by atoms with van der Waals surface area (Å²) in [5.41, 5.74) is 0.953. The Bertz CT molecular complexity index is 690. The molecule has 0 aliphatic carbocycles. The van der Waals surface area contributed by atoms with Gasteiger partial charge in [-0.3, -0.25) is 9.89 Å². The second kappa shape index (κ2) is 7.70. The molecular formula is C15H19ClN4O2S. The predicted octanol–water partition coefficient (Wildman–Crippen LogP) is 2.91. The molecule has 0 spiro atoms. The molecule has 0 aliphatic heterocycles. The van der Waals surface area contributed by atoms with Crippen LogP contribution < -0.4 is 4.74 Å². The first kappa shape index (κ1) is 17.6. The molecule has 1 heterocycles. The number of aromatic amines is 1. The first-order chi connectivity index (χ1) is 10.9. The Labute approximate surface area is 144 Å². The zero-order chi connectivity index (χ0) is 17.0. The van der Waals surface area contributed by atoms with Crippen LogP contribution >= 0.6 is 23.4 Å². The normalized spacial score (nSPS) is 12.0. The van der Waals surface area contributed by atoms with E-state index in [2.05, 4.69) is 15.2 Å². The van der Waals surface area contributed by atoms with E-state index in [0.717, 1.165) is 5.56 Å². The van der Waals surface area contributed by atoms with Crippen LogP contribution in [0.3, 0.4) is 0 Å². The van der Waals surface area contributed by atoms with Gasteiger partial charge in [-0.05, 0) is 37.6 Å². The lowest BCUT2D eigenvalue weighted by atomic mass is 10.2. The molecule has 0 bridgehead atoms. The van der Waals surface area contributed by atoms with Crippen molar-refractivity contribution in [3.8, 4) is 5.75 Å². The van der Waals surface area contributed by atoms with Gasteiger partial charge in [0.25, 0.3) is 0 Å². The summed E-state index contributed by atoms with van der Waals surface area (Å²) in [6, 6.07) is 5.47. The molecule has 2 aromatic rings. The van der Waals surface area contributed by atoms with E-state index in [4.69, 9.17) is 16.3 Å². The number of halogens is 1. The number of benzene rings is 1. The lowest BCUT2D eigenvalue weighted by Gasteiger charge is -2.14. The summed E-state index contributed by atoms with van der Waals surface area (Å²) < 4.78 is 5.66. The fraction of sp³-hybridized carbons (Fsp3) is 0.400. The Morgan fingerprint density at radius 1 is 1.48 bits per heavy atom. The van der Waals surface area contributed by atoms with E-state index in [9.17, 15) is 4.79 Å². The van der Waals surface area contributed by atoms with Crippen molar-refractivity contribution in [2.75, 3.05) is 14.1 Å². The van der Waals surface area contributed by atoms with Gasteiger partial charge in [-0.2, -0.15) is 0 Å². The van der Waals surface area contributed by atoms with Gasteiger partial charge in [-0.15, -0.1) is 5.10 Å². The lowest BCUT2D eigenvalue weighted by Crippen LogP contribution is -2.29. The number of nitrogens with one attached hydrogen (secondary N) is 1. The Balaban J connectivity index is 1.92. The van der Waals surface area contributed by atoms with Crippen molar-refractivity contribution in [1.82, 2.24) is 20.1 Å². The third kappa shape index (κ3) is 4.87. The lowest BCUT2D eigenvalue weighted by molar-refractivity contribution is -0.127. The number of carbonyl (C=O) groups is 1. The van der Waals surface area contributed by atoms with E-state index in [-0.39, 0.29) is 17.8 Å². The average Bonchev–Trinajstić information content (AvgIpc) is 2.95. The molecule has 0 fully saturated rings. The standard InChI is InChI=1S/C15H19ClN4O2S/c1-9-7-11(5-6-12(9)16)22-8-13-17-15(19-18-13)23-10(2)14(21)20(3)4/h5-7,10H,8H2,1-4H3,(H,17,18,19)/t10-/m1/s1. The van der Waals surface area contributed by atoms with Crippen LogP contribution in [-0.2, 0) is 11.4 Å². The summed E-state index contributed by atoms with van der Waals surface area (Å²) in [6.07, 6.45) is 0. The summed E-state index contributed by atoms with van der Waals surface area (Å²) >= 11 is 7.29. The molecule has 1 N–H and O–H groups in total. The number of carbonyl (C=O) groups excluding carboxylic acids is 1. The number of hydrogen-bond acceptors (Lipinski definition) is 5. The van der Waals surface area contributed by atoms with Crippen LogP contribution in [0.15, 0.2) is 23.4 Å². The topological polar surface area (TPSA) is 71.1 Å². The molecule has 1 atom stereocenters. The summed E-state index contributed by atoms with van der Waals surface area (Å²) in [5.74, 6) is 1.34. The minimum atomic E-state index is -0.242. The number of aromatic nitrogens is 3. The molecule has 0 saturated heterocycles. The summed E-state index contributed by atoms with van der Waals surface area (Å²) in [6.45, 7) is 4.02. The zero-order valence-electron chi connectivity index (χ0n) is 13.5. The maximum absolute atomic E-state index is 11.8. The first-order valence-corrected chi connectivity index (χ1v) is 8.30. The van der Waals surface area contributed by atoms with Crippen molar-refractivity contribution in [2.45, 2.75) is 30.9 Å². The number of ether oxygens (including phenoxy) is 1. The number of thioether (sulfide) groups is 1. The molecular weight excluding hydrogens is 336 g/mol. The minimum absolute atomic E-state index is 0.0224. The van der Waals surface area contributed by atoms with Crippen LogP contribution in [0.25, 0.3) is 0 Å². The second-order valence-electron chi connectivity index (χ2n) is 5.26. The largest absolute Gasteiger partial charge is 0.486 e. The number of amides is 1. The van der Waals surface area contributed by atoms with Crippen LogP contribution in [0.2, 0.25) is 5.02 Å². The number of nitrogens with zero attached hydrogens (tertiary/aromatic N) is 3. The average molecular weight is 355 g/mol. The number of hydrogen-bond donors (Lipinski definition) is 1. The van der Waals surface area contributed by atoms with E-state index >= 15 is 0 Å². The van der Waals surface area contributed by atoms with Crippen molar-refractivity contribution in [3.63, 3.8) is 0 Å². The van der Waals surface area contributed by atoms with Gasteiger partial charge >= 0.3 is 0 Å². The number of aryl methyl sites for hydroxylation is 1. The van der Waals surface area contributed by atoms with Gasteiger partial charge in [0.05, 0.1) is 5.25 Å². The maximum Gasteiger partial charge on any atom is 0.235 e. The third-order valence-electron chi connectivity index (χ3n) is 3.09. The van der Waals surface area contributed by atoms with Crippen molar-refractivity contribution in [2.24, 2.45) is 0 Å². The molecule has 0 unspecified atom stereocenters. The Hall–Kier alpha value is -1.73. The molecule has 6 nitrogen and oxygen atoms in total. The zero-order valence-corrected chi connectivity index (χ0v) is 15.0. The second-order valence-corrected chi connectivity index (χ2v) is 6.97. The highest BCUT2D eigenvalue weighted by Gasteiger charge is 2.18. The van der Waals surface area contributed by atoms with Crippen LogP contribution in [0.5, 0.6) is 5.75 Å². The summed E-state index contributed by atoms with van der Waals surface area (Å²) in [4.78, 5) is 17.7. The molecule has 124 valence electrons. The summed E-state index contributed by atoms with van der Waals surface area (Å²) in [7, 11) is 3.45. The van der Waals surface area contributed by atoms with Crippen LogP contribution in [0.1, 0.15) is 18.3 Å². The Kier molecular flexibility index (Phi) is 5.90. The smallest absolute Gasteiger partial charge is 0.235 e. The number of rotatable bonds is 6. The highest BCUT2D eigenvalue weighted by atomic mass is 35.5. The van der Waals surface area contributed by atoms with Crippen molar-refractivity contribution in [1.29, 1.82) is 0 Å². The maximum atomic E-state index is 11.8. The van der Waals surface area contributed by atoms with Gasteiger partial charge in [0.15, 0.2) is 5.82 Å². The van der Waals surface area contributed by atoms with Gasteiger partial charge in [-0.1, -0.05) is 23.4 Å². The van der Waals surface area contributed by atoms with Crippen LogP contribution in [0.4, 0.5) is 0 Å². The third-order valence-corrected chi connectivity index (χ3v) is 4.46.